The second-order valence-electron chi connectivity index (χ2n) is 4.83. The summed E-state index contributed by atoms with van der Waals surface area (Å²) in [6.07, 6.45) is 6.93. The second kappa shape index (κ2) is 12.9. The van der Waals surface area contributed by atoms with E-state index in [2.05, 4.69) is 20.8 Å². The SMILES string of the molecule is CCCCOC(CCN)(OCCCC)OCCCC. The Bertz CT molecular complexity index is 162. The van der Waals surface area contributed by atoms with Crippen LogP contribution in [0.1, 0.15) is 65.7 Å². The molecule has 116 valence electrons. The molecular formula is C15H33NO3. The molecule has 0 atom stereocenters. The van der Waals surface area contributed by atoms with E-state index < -0.39 is 5.97 Å². The van der Waals surface area contributed by atoms with Gasteiger partial charge in [0.25, 0.3) is 5.97 Å². The topological polar surface area (TPSA) is 53.7 Å². The molecule has 0 aromatic carbocycles. The van der Waals surface area contributed by atoms with Crippen molar-refractivity contribution in [3.8, 4) is 0 Å². The van der Waals surface area contributed by atoms with Crippen LogP contribution in [0.15, 0.2) is 0 Å². The summed E-state index contributed by atoms with van der Waals surface area (Å²) in [6.45, 7) is 8.92. The highest BCUT2D eigenvalue weighted by Gasteiger charge is 2.32. The Kier molecular flexibility index (Phi) is 12.7. The lowest BCUT2D eigenvalue weighted by Gasteiger charge is -2.33. The molecule has 4 heteroatoms. The predicted octanol–water partition coefficient (Wildman–Crippen LogP) is 3.44. The van der Waals surface area contributed by atoms with Gasteiger partial charge < -0.3 is 19.9 Å². The molecule has 0 aromatic heterocycles. The van der Waals surface area contributed by atoms with Crippen LogP contribution in [0.25, 0.3) is 0 Å². The first-order valence-electron chi connectivity index (χ1n) is 7.86. The molecule has 4 nitrogen and oxygen atoms in total. The Labute approximate surface area is 119 Å². The minimum absolute atomic E-state index is 0.504. The van der Waals surface area contributed by atoms with E-state index in [1.54, 1.807) is 0 Å². The molecule has 0 aromatic rings. The summed E-state index contributed by atoms with van der Waals surface area (Å²) in [7, 11) is 0. The van der Waals surface area contributed by atoms with Crippen molar-refractivity contribution in [1.29, 1.82) is 0 Å². The van der Waals surface area contributed by atoms with Crippen LogP contribution >= 0.6 is 0 Å². The van der Waals surface area contributed by atoms with Crippen molar-refractivity contribution in [2.75, 3.05) is 26.4 Å². The Morgan fingerprint density at radius 1 is 0.737 bits per heavy atom. The number of rotatable bonds is 14. The molecular weight excluding hydrogens is 242 g/mol. The van der Waals surface area contributed by atoms with Crippen molar-refractivity contribution < 1.29 is 14.2 Å². The highest BCUT2D eigenvalue weighted by atomic mass is 16.9. The van der Waals surface area contributed by atoms with Crippen LogP contribution in [-0.2, 0) is 14.2 Å². The lowest BCUT2D eigenvalue weighted by molar-refractivity contribution is -0.382. The van der Waals surface area contributed by atoms with Gasteiger partial charge in [-0.25, -0.2) is 0 Å². The molecule has 0 aliphatic rings. The van der Waals surface area contributed by atoms with Gasteiger partial charge in [0.1, 0.15) is 0 Å². The number of unbranched alkanes of at least 4 members (excludes halogenated alkanes) is 3. The van der Waals surface area contributed by atoms with Crippen molar-refractivity contribution in [3.63, 3.8) is 0 Å². The smallest absolute Gasteiger partial charge is 0.284 e. The fraction of sp³-hybridized carbons (Fsp3) is 1.00. The van der Waals surface area contributed by atoms with Crippen LogP contribution in [0.3, 0.4) is 0 Å². The summed E-state index contributed by atoms with van der Waals surface area (Å²) in [4.78, 5) is 0. The maximum absolute atomic E-state index is 5.88. The number of hydrogen-bond donors (Lipinski definition) is 1. The Morgan fingerprint density at radius 3 is 1.37 bits per heavy atom. The van der Waals surface area contributed by atoms with E-state index in [4.69, 9.17) is 19.9 Å². The zero-order chi connectivity index (χ0) is 14.4. The third-order valence-corrected chi connectivity index (χ3v) is 2.91. The molecule has 0 saturated heterocycles. The number of ether oxygens (including phenoxy) is 3. The van der Waals surface area contributed by atoms with Gasteiger partial charge in [-0.1, -0.05) is 40.0 Å². The molecule has 0 saturated carbocycles. The van der Waals surface area contributed by atoms with Gasteiger partial charge in [-0.15, -0.1) is 0 Å². The molecule has 0 fully saturated rings. The van der Waals surface area contributed by atoms with Crippen LogP contribution in [-0.4, -0.2) is 32.3 Å². The van der Waals surface area contributed by atoms with Crippen LogP contribution in [0.4, 0.5) is 0 Å². The maximum Gasteiger partial charge on any atom is 0.284 e. The molecule has 0 aliphatic heterocycles. The van der Waals surface area contributed by atoms with Crippen molar-refractivity contribution in [2.24, 2.45) is 5.73 Å². The van der Waals surface area contributed by atoms with Crippen LogP contribution < -0.4 is 5.73 Å². The van der Waals surface area contributed by atoms with E-state index in [1.807, 2.05) is 0 Å². The first-order chi connectivity index (χ1) is 9.24. The van der Waals surface area contributed by atoms with E-state index in [1.165, 1.54) is 0 Å². The molecule has 0 amide bonds. The van der Waals surface area contributed by atoms with Crippen LogP contribution in [0.2, 0.25) is 0 Å². The molecule has 0 heterocycles. The summed E-state index contributed by atoms with van der Waals surface area (Å²) in [6, 6.07) is 0. The van der Waals surface area contributed by atoms with Crippen molar-refractivity contribution in [1.82, 2.24) is 0 Å². The quantitative estimate of drug-likeness (QED) is 0.390. The average Bonchev–Trinajstić information content (AvgIpc) is 2.40. The van der Waals surface area contributed by atoms with E-state index in [0.717, 1.165) is 38.5 Å². The Morgan fingerprint density at radius 2 is 1.11 bits per heavy atom. The maximum atomic E-state index is 5.88. The molecule has 0 bridgehead atoms. The van der Waals surface area contributed by atoms with Gasteiger partial charge in [-0.2, -0.15) is 0 Å². The first kappa shape index (κ1) is 18.8. The standard InChI is InChI=1S/C15H33NO3/c1-4-7-12-17-15(10-11-16,18-13-8-5-2)19-14-9-6-3/h4-14,16H2,1-3H3. The third kappa shape index (κ3) is 9.38. The van der Waals surface area contributed by atoms with Crippen LogP contribution in [0, 0.1) is 0 Å². The fourth-order valence-corrected chi connectivity index (χ4v) is 1.63. The summed E-state index contributed by atoms with van der Waals surface area (Å²) in [5.41, 5.74) is 5.69. The molecule has 0 radical (unpaired) electrons. The zero-order valence-corrected chi connectivity index (χ0v) is 13.1. The number of hydrogen-bond acceptors (Lipinski definition) is 4. The molecule has 19 heavy (non-hydrogen) atoms. The monoisotopic (exact) mass is 275 g/mol. The molecule has 2 N–H and O–H groups in total. The fourth-order valence-electron chi connectivity index (χ4n) is 1.63. The molecule has 0 aliphatic carbocycles. The van der Waals surface area contributed by atoms with Gasteiger partial charge in [0.05, 0.1) is 19.8 Å². The predicted molar refractivity (Wildman–Crippen MR) is 79.0 cm³/mol. The third-order valence-electron chi connectivity index (χ3n) is 2.91. The summed E-state index contributed by atoms with van der Waals surface area (Å²) >= 11 is 0. The molecule has 0 rings (SSSR count). The van der Waals surface area contributed by atoms with E-state index in [-0.39, 0.29) is 0 Å². The van der Waals surface area contributed by atoms with Gasteiger partial charge in [-0.3, -0.25) is 0 Å². The lowest BCUT2D eigenvalue weighted by atomic mass is 10.3. The highest BCUT2D eigenvalue weighted by Crippen LogP contribution is 2.21. The van der Waals surface area contributed by atoms with Gasteiger partial charge in [0, 0.05) is 13.0 Å². The normalized spacial score (nSPS) is 12.0. The van der Waals surface area contributed by atoms with Crippen molar-refractivity contribution in [2.45, 2.75) is 71.7 Å². The van der Waals surface area contributed by atoms with Crippen LogP contribution in [0.5, 0.6) is 0 Å². The average molecular weight is 275 g/mol. The Balaban J connectivity index is 4.37. The molecule has 0 unspecified atom stereocenters. The van der Waals surface area contributed by atoms with Gasteiger partial charge in [-0.05, 0) is 19.3 Å². The lowest BCUT2D eigenvalue weighted by Crippen LogP contribution is -2.42. The highest BCUT2D eigenvalue weighted by molar-refractivity contribution is 4.60. The Hall–Kier alpha value is -0.160. The van der Waals surface area contributed by atoms with Crippen molar-refractivity contribution >= 4 is 0 Å². The minimum Gasteiger partial charge on any atom is -0.330 e. The molecule has 0 spiro atoms. The van der Waals surface area contributed by atoms with E-state index in [0.29, 0.717) is 32.8 Å². The second-order valence-corrected chi connectivity index (χ2v) is 4.83. The summed E-state index contributed by atoms with van der Waals surface area (Å²) < 4.78 is 17.6. The largest absolute Gasteiger partial charge is 0.330 e. The van der Waals surface area contributed by atoms with E-state index in [9.17, 15) is 0 Å². The zero-order valence-electron chi connectivity index (χ0n) is 13.1. The van der Waals surface area contributed by atoms with Gasteiger partial charge in [0.2, 0.25) is 0 Å². The van der Waals surface area contributed by atoms with E-state index >= 15 is 0 Å². The summed E-state index contributed by atoms with van der Waals surface area (Å²) in [5.74, 6) is -0.922. The number of nitrogens with two attached hydrogens (primary N) is 1. The van der Waals surface area contributed by atoms with Crippen molar-refractivity contribution in [3.05, 3.63) is 0 Å². The van der Waals surface area contributed by atoms with Gasteiger partial charge >= 0.3 is 0 Å². The first-order valence-corrected chi connectivity index (χ1v) is 7.86. The summed E-state index contributed by atoms with van der Waals surface area (Å²) in [5, 5.41) is 0. The van der Waals surface area contributed by atoms with Gasteiger partial charge in [0.15, 0.2) is 0 Å². The minimum atomic E-state index is -0.922.